The summed E-state index contributed by atoms with van der Waals surface area (Å²) in [4.78, 5) is 12.7. The standard InChI is InChI=1S/C13H16BrFN6/c1-19-12(17-9-18-19)8-20-2-4-21(5-3-20)13-11(15)6-10(14)7-16-13/h6-7,9H,2-5,8H2,1H3. The van der Waals surface area contributed by atoms with E-state index in [-0.39, 0.29) is 5.82 Å². The Labute approximate surface area is 130 Å². The molecule has 3 heterocycles. The van der Waals surface area contributed by atoms with Crippen LogP contribution in [0.1, 0.15) is 5.82 Å². The summed E-state index contributed by atoms with van der Waals surface area (Å²) in [7, 11) is 1.89. The largest absolute Gasteiger partial charge is 0.352 e. The van der Waals surface area contributed by atoms with Crippen molar-refractivity contribution in [2.45, 2.75) is 6.54 Å². The van der Waals surface area contributed by atoms with Gasteiger partial charge in [-0.2, -0.15) is 5.10 Å². The lowest BCUT2D eigenvalue weighted by Crippen LogP contribution is -2.46. The monoisotopic (exact) mass is 354 g/mol. The molecule has 112 valence electrons. The van der Waals surface area contributed by atoms with Gasteiger partial charge in [0.05, 0.1) is 6.54 Å². The van der Waals surface area contributed by atoms with E-state index in [0.29, 0.717) is 10.3 Å². The van der Waals surface area contributed by atoms with Crippen molar-refractivity contribution < 1.29 is 4.39 Å². The number of aromatic nitrogens is 4. The minimum absolute atomic E-state index is 0.286. The van der Waals surface area contributed by atoms with E-state index in [1.807, 2.05) is 11.9 Å². The third-order valence-electron chi connectivity index (χ3n) is 3.63. The van der Waals surface area contributed by atoms with Crippen LogP contribution in [-0.4, -0.2) is 50.8 Å². The molecule has 0 unspecified atom stereocenters. The number of hydrogen-bond acceptors (Lipinski definition) is 5. The molecule has 0 saturated carbocycles. The van der Waals surface area contributed by atoms with Gasteiger partial charge in [-0.25, -0.2) is 14.4 Å². The Morgan fingerprint density at radius 3 is 2.62 bits per heavy atom. The van der Waals surface area contributed by atoms with E-state index in [2.05, 4.69) is 35.9 Å². The smallest absolute Gasteiger partial charge is 0.166 e. The first-order valence-corrected chi connectivity index (χ1v) is 7.54. The van der Waals surface area contributed by atoms with Gasteiger partial charge in [-0.3, -0.25) is 9.58 Å². The number of hydrogen-bond donors (Lipinski definition) is 0. The lowest BCUT2D eigenvalue weighted by Gasteiger charge is -2.35. The highest BCUT2D eigenvalue weighted by Crippen LogP contribution is 2.21. The molecule has 8 heteroatoms. The molecule has 0 aliphatic carbocycles. The molecule has 0 bridgehead atoms. The number of rotatable bonds is 3. The third kappa shape index (κ3) is 3.21. The van der Waals surface area contributed by atoms with Crippen LogP contribution >= 0.6 is 15.9 Å². The molecule has 1 aliphatic rings. The predicted molar refractivity (Wildman–Crippen MR) is 80.4 cm³/mol. The Morgan fingerprint density at radius 1 is 1.24 bits per heavy atom. The minimum atomic E-state index is -0.286. The summed E-state index contributed by atoms with van der Waals surface area (Å²) in [6.07, 6.45) is 3.19. The summed E-state index contributed by atoms with van der Waals surface area (Å²) in [5, 5.41) is 4.07. The highest BCUT2D eigenvalue weighted by molar-refractivity contribution is 9.10. The number of aryl methyl sites for hydroxylation is 1. The topological polar surface area (TPSA) is 50.1 Å². The van der Waals surface area contributed by atoms with Gasteiger partial charge in [-0.1, -0.05) is 0 Å². The van der Waals surface area contributed by atoms with Gasteiger partial charge in [0.2, 0.25) is 0 Å². The summed E-state index contributed by atoms with van der Waals surface area (Å²) in [5.74, 6) is 1.08. The van der Waals surface area contributed by atoms with Gasteiger partial charge < -0.3 is 4.90 Å². The van der Waals surface area contributed by atoms with E-state index < -0.39 is 0 Å². The Kier molecular flexibility index (Phi) is 4.16. The number of piperazine rings is 1. The lowest BCUT2D eigenvalue weighted by atomic mass is 10.3. The maximum absolute atomic E-state index is 13.9. The molecule has 1 aliphatic heterocycles. The molecule has 2 aromatic rings. The average Bonchev–Trinajstić information content (AvgIpc) is 2.86. The van der Waals surface area contributed by atoms with E-state index >= 15 is 0 Å². The van der Waals surface area contributed by atoms with Crippen LogP contribution in [0.2, 0.25) is 0 Å². The fourth-order valence-electron chi connectivity index (χ4n) is 2.42. The minimum Gasteiger partial charge on any atom is -0.352 e. The molecular weight excluding hydrogens is 339 g/mol. The highest BCUT2D eigenvalue weighted by atomic mass is 79.9. The molecule has 1 saturated heterocycles. The highest BCUT2D eigenvalue weighted by Gasteiger charge is 2.21. The van der Waals surface area contributed by atoms with Crippen LogP contribution in [0.25, 0.3) is 0 Å². The van der Waals surface area contributed by atoms with Crippen LogP contribution in [-0.2, 0) is 13.6 Å². The van der Waals surface area contributed by atoms with Crippen molar-refractivity contribution in [2.24, 2.45) is 7.05 Å². The first-order valence-electron chi connectivity index (χ1n) is 6.74. The van der Waals surface area contributed by atoms with Crippen LogP contribution in [0.5, 0.6) is 0 Å². The first kappa shape index (κ1) is 14.4. The van der Waals surface area contributed by atoms with Gasteiger partial charge in [0.1, 0.15) is 12.2 Å². The molecule has 0 spiro atoms. The van der Waals surface area contributed by atoms with Crippen molar-refractivity contribution >= 4 is 21.7 Å². The zero-order valence-electron chi connectivity index (χ0n) is 11.7. The number of halogens is 2. The van der Waals surface area contributed by atoms with E-state index in [9.17, 15) is 4.39 Å². The molecule has 6 nitrogen and oxygen atoms in total. The average molecular weight is 355 g/mol. The Morgan fingerprint density at radius 2 is 2.00 bits per heavy atom. The van der Waals surface area contributed by atoms with E-state index in [1.54, 1.807) is 17.2 Å². The molecule has 0 amide bonds. The van der Waals surface area contributed by atoms with Crippen LogP contribution in [0.3, 0.4) is 0 Å². The van der Waals surface area contributed by atoms with E-state index in [0.717, 1.165) is 38.5 Å². The second kappa shape index (κ2) is 6.07. The van der Waals surface area contributed by atoms with Crippen LogP contribution in [0.4, 0.5) is 10.2 Å². The second-order valence-corrected chi connectivity index (χ2v) is 5.94. The third-order valence-corrected chi connectivity index (χ3v) is 4.06. The van der Waals surface area contributed by atoms with Crippen molar-refractivity contribution in [1.82, 2.24) is 24.6 Å². The molecule has 1 fully saturated rings. The van der Waals surface area contributed by atoms with Crippen molar-refractivity contribution in [2.75, 3.05) is 31.1 Å². The van der Waals surface area contributed by atoms with Gasteiger partial charge in [0.15, 0.2) is 11.6 Å². The summed E-state index contributed by atoms with van der Waals surface area (Å²) in [6.45, 7) is 3.97. The number of anilines is 1. The lowest BCUT2D eigenvalue weighted by molar-refractivity contribution is 0.239. The summed E-state index contributed by atoms with van der Waals surface area (Å²) in [5.41, 5.74) is 0. The van der Waals surface area contributed by atoms with Gasteiger partial charge in [0.25, 0.3) is 0 Å². The second-order valence-electron chi connectivity index (χ2n) is 5.02. The van der Waals surface area contributed by atoms with Crippen LogP contribution in [0.15, 0.2) is 23.1 Å². The number of pyridine rings is 1. The normalized spacial score (nSPS) is 16.4. The van der Waals surface area contributed by atoms with Crippen molar-refractivity contribution in [1.29, 1.82) is 0 Å². The number of nitrogens with zero attached hydrogens (tertiary/aromatic N) is 6. The van der Waals surface area contributed by atoms with Gasteiger partial charge in [0, 0.05) is 43.9 Å². The quantitative estimate of drug-likeness (QED) is 0.834. The maximum atomic E-state index is 13.9. The molecule has 3 rings (SSSR count). The Balaban J connectivity index is 1.61. The summed E-state index contributed by atoms with van der Waals surface area (Å²) >= 11 is 3.23. The molecule has 21 heavy (non-hydrogen) atoms. The molecule has 0 N–H and O–H groups in total. The van der Waals surface area contributed by atoms with Crippen molar-refractivity contribution in [3.63, 3.8) is 0 Å². The molecule has 0 atom stereocenters. The molecule has 0 radical (unpaired) electrons. The fourth-order valence-corrected chi connectivity index (χ4v) is 2.72. The Bertz CT molecular complexity index is 623. The van der Waals surface area contributed by atoms with Gasteiger partial charge in [-0.15, -0.1) is 0 Å². The summed E-state index contributed by atoms with van der Waals surface area (Å²) < 4.78 is 16.4. The SMILES string of the molecule is Cn1ncnc1CN1CCN(c2ncc(Br)cc2F)CC1. The maximum Gasteiger partial charge on any atom is 0.166 e. The van der Waals surface area contributed by atoms with Crippen molar-refractivity contribution in [3.05, 3.63) is 34.7 Å². The van der Waals surface area contributed by atoms with Crippen LogP contribution < -0.4 is 4.90 Å². The molecule has 0 aromatic carbocycles. The zero-order valence-corrected chi connectivity index (χ0v) is 13.3. The van der Waals surface area contributed by atoms with Gasteiger partial charge in [-0.05, 0) is 22.0 Å². The Hall–Kier alpha value is -1.54. The van der Waals surface area contributed by atoms with Crippen LogP contribution in [0, 0.1) is 5.82 Å². The van der Waals surface area contributed by atoms with E-state index in [1.165, 1.54) is 6.07 Å². The van der Waals surface area contributed by atoms with E-state index in [4.69, 9.17) is 0 Å². The van der Waals surface area contributed by atoms with Gasteiger partial charge >= 0.3 is 0 Å². The predicted octanol–water partition coefficient (Wildman–Crippen LogP) is 1.43. The zero-order chi connectivity index (χ0) is 14.8. The summed E-state index contributed by atoms with van der Waals surface area (Å²) in [6, 6.07) is 1.45. The molecular formula is C13H16BrFN6. The van der Waals surface area contributed by atoms with Crippen molar-refractivity contribution in [3.8, 4) is 0 Å². The molecule has 2 aromatic heterocycles. The first-order chi connectivity index (χ1) is 10.1. The fraction of sp³-hybridized carbons (Fsp3) is 0.462.